The highest BCUT2D eigenvalue weighted by atomic mass is 32.2. The lowest BCUT2D eigenvalue weighted by Crippen LogP contribution is -2.30. The van der Waals surface area contributed by atoms with E-state index in [-0.39, 0.29) is 4.90 Å². The van der Waals surface area contributed by atoms with Crippen LogP contribution in [0.1, 0.15) is 37.6 Å². The van der Waals surface area contributed by atoms with E-state index in [1.807, 2.05) is 13.8 Å². The van der Waals surface area contributed by atoms with Gasteiger partial charge in [-0.15, -0.1) is 11.3 Å². The van der Waals surface area contributed by atoms with E-state index in [0.717, 1.165) is 19.4 Å². The summed E-state index contributed by atoms with van der Waals surface area (Å²) in [5.41, 5.74) is 0.653. The summed E-state index contributed by atoms with van der Waals surface area (Å²) in [6.07, 6.45) is 3.87. The Morgan fingerprint density at radius 2 is 2.07 bits per heavy atom. The zero-order valence-electron chi connectivity index (χ0n) is 16.6. The molecule has 7 nitrogen and oxygen atoms in total. The topological polar surface area (TPSA) is 62.9 Å². The molecule has 1 aliphatic rings. The molecule has 0 bridgehead atoms. The number of nitrogens with zero attached hydrogens (tertiary/aromatic N) is 5. The van der Waals surface area contributed by atoms with Crippen molar-refractivity contribution in [3.05, 3.63) is 45.5 Å². The van der Waals surface area contributed by atoms with E-state index in [4.69, 9.17) is 12.2 Å². The van der Waals surface area contributed by atoms with Crippen molar-refractivity contribution in [2.45, 2.75) is 44.3 Å². The van der Waals surface area contributed by atoms with Gasteiger partial charge >= 0.3 is 0 Å². The molecule has 0 amide bonds. The smallest absolute Gasteiger partial charge is 0.244 e. The number of likely N-dealkylation sites (tertiary alicyclic amines) is 1. The minimum absolute atomic E-state index is 0.238. The minimum atomic E-state index is -3.54. The summed E-state index contributed by atoms with van der Waals surface area (Å²) < 4.78 is 31.1. The maximum Gasteiger partial charge on any atom is 0.244 e. The Morgan fingerprint density at radius 1 is 1.28 bits per heavy atom. The van der Waals surface area contributed by atoms with Crippen LogP contribution in [0.4, 0.5) is 0 Å². The second kappa shape index (κ2) is 8.27. The molecule has 156 valence electrons. The van der Waals surface area contributed by atoms with Crippen molar-refractivity contribution in [2.24, 2.45) is 0 Å². The lowest BCUT2D eigenvalue weighted by Gasteiger charge is -2.23. The van der Waals surface area contributed by atoms with Crippen molar-refractivity contribution in [1.29, 1.82) is 0 Å². The summed E-state index contributed by atoms with van der Waals surface area (Å²) >= 11 is 7.42. The standard InChI is InChI=1S/C19H25N5O2S3/c1-3-22(4-2)29(25,26)15-9-10-18-20-24(19(27)23(18)13-15)14-21-11-5-7-16(21)17-8-6-12-28-17/h6,8-10,12-13,16H,3-5,7,11,14H2,1-2H3. The lowest BCUT2D eigenvalue weighted by atomic mass is 10.2. The molecule has 29 heavy (non-hydrogen) atoms. The van der Waals surface area contributed by atoms with Crippen LogP contribution in [0.5, 0.6) is 0 Å². The summed E-state index contributed by atoms with van der Waals surface area (Å²) in [5.74, 6) is 0. The molecule has 4 rings (SSSR count). The zero-order valence-corrected chi connectivity index (χ0v) is 19.0. The molecule has 1 atom stereocenters. The average molecular weight is 452 g/mol. The van der Waals surface area contributed by atoms with Gasteiger partial charge in [0.25, 0.3) is 0 Å². The van der Waals surface area contributed by atoms with Crippen molar-refractivity contribution >= 4 is 39.2 Å². The first-order valence-electron chi connectivity index (χ1n) is 9.82. The fourth-order valence-electron chi connectivity index (χ4n) is 3.93. The number of hydrogen-bond donors (Lipinski definition) is 0. The summed E-state index contributed by atoms with van der Waals surface area (Å²) in [7, 11) is -3.54. The number of rotatable bonds is 7. The van der Waals surface area contributed by atoms with Gasteiger partial charge in [0.05, 0.1) is 11.6 Å². The second-order valence-electron chi connectivity index (χ2n) is 7.09. The first kappa shape index (κ1) is 20.7. The molecule has 1 saturated heterocycles. The fourth-order valence-corrected chi connectivity index (χ4v) is 6.52. The molecule has 0 saturated carbocycles. The second-order valence-corrected chi connectivity index (χ2v) is 10.4. The van der Waals surface area contributed by atoms with Crippen molar-refractivity contribution in [3.8, 4) is 0 Å². The predicted octanol–water partition coefficient (Wildman–Crippen LogP) is 3.75. The van der Waals surface area contributed by atoms with Gasteiger partial charge in [0.1, 0.15) is 0 Å². The zero-order chi connectivity index (χ0) is 20.6. The van der Waals surface area contributed by atoms with Gasteiger partial charge in [-0.1, -0.05) is 19.9 Å². The van der Waals surface area contributed by atoms with Crippen molar-refractivity contribution < 1.29 is 8.42 Å². The highest BCUT2D eigenvalue weighted by molar-refractivity contribution is 7.89. The lowest BCUT2D eigenvalue weighted by molar-refractivity contribution is 0.192. The highest BCUT2D eigenvalue weighted by Crippen LogP contribution is 2.34. The Morgan fingerprint density at radius 3 is 2.76 bits per heavy atom. The Labute approximate surface area is 180 Å². The molecule has 0 aromatic carbocycles. The number of pyridine rings is 1. The molecule has 1 unspecified atom stereocenters. The van der Waals surface area contributed by atoms with E-state index in [0.29, 0.717) is 36.2 Å². The van der Waals surface area contributed by atoms with Gasteiger partial charge in [0, 0.05) is 36.8 Å². The molecular formula is C19H25N5O2S3. The molecule has 3 aromatic heterocycles. The molecule has 3 aromatic rings. The van der Waals surface area contributed by atoms with Crippen LogP contribution in [0.3, 0.4) is 0 Å². The van der Waals surface area contributed by atoms with Gasteiger partial charge in [-0.25, -0.2) is 13.1 Å². The van der Waals surface area contributed by atoms with E-state index in [2.05, 4.69) is 27.5 Å². The maximum absolute atomic E-state index is 12.9. The first-order chi connectivity index (χ1) is 14.0. The third kappa shape index (κ3) is 3.79. The minimum Gasteiger partial charge on any atom is -0.276 e. The van der Waals surface area contributed by atoms with Crippen molar-refractivity contribution in [1.82, 2.24) is 23.4 Å². The van der Waals surface area contributed by atoms with Crippen LogP contribution in [-0.4, -0.2) is 51.4 Å². The van der Waals surface area contributed by atoms with Crippen LogP contribution in [-0.2, 0) is 16.7 Å². The predicted molar refractivity (Wildman–Crippen MR) is 117 cm³/mol. The van der Waals surface area contributed by atoms with Crippen molar-refractivity contribution in [2.75, 3.05) is 19.6 Å². The van der Waals surface area contributed by atoms with Gasteiger partial charge in [0.15, 0.2) is 5.65 Å². The third-order valence-electron chi connectivity index (χ3n) is 5.44. The molecule has 0 spiro atoms. The van der Waals surface area contributed by atoms with Gasteiger partial charge in [0.2, 0.25) is 14.8 Å². The number of aromatic nitrogens is 3. The Hall–Kier alpha value is -1.59. The molecule has 1 fully saturated rings. The Balaban J connectivity index is 1.66. The van der Waals surface area contributed by atoms with Crippen molar-refractivity contribution in [3.63, 3.8) is 0 Å². The van der Waals surface area contributed by atoms with Crippen LogP contribution in [0.25, 0.3) is 5.65 Å². The van der Waals surface area contributed by atoms with Gasteiger partial charge in [-0.3, -0.25) is 9.30 Å². The van der Waals surface area contributed by atoms with E-state index in [9.17, 15) is 8.42 Å². The van der Waals surface area contributed by atoms with Gasteiger partial charge in [-0.05, 0) is 48.6 Å². The van der Waals surface area contributed by atoms with E-state index >= 15 is 0 Å². The summed E-state index contributed by atoms with van der Waals surface area (Å²) in [6, 6.07) is 8.00. The van der Waals surface area contributed by atoms with Crippen LogP contribution >= 0.6 is 23.6 Å². The van der Waals surface area contributed by atoms with Gasteiger partial charge < -0.3 is 0 Å². The SMILES string of the molecule is CCN(CC)S(=O)(=O)c1ccc2nn(CN3CCCC3c3cccs3)c(=S)n2c1. The van der Waals surface area contributed by atoms with E-state index < -0.39 is 10.0 Å². The number of fused-ring (bicyclic) bond motifs is 1. The molecular weight excluding hydrogens is 426 g/mol. The molecule has 1 aliphatic heterocycles. The number of hydrogen-bond acceptors (Lipinski definition) is 6. The summed E-state index contributed by atoms with van der Waals surface area (Å²) in [5, 5.41) is 6.74. The van der Waals surface area contributed by atoms with Crippen LogP contribution in [0.15, 0.2) is 40.7 Å². The number of sulfonamides is 1. The Kier molecular flexibility index (Phi) is 5.90. The first-order valence-corrected chi connectivity index (χ1v) is 12.5. The van der Waals surface area contributed by atoms with Crippen LogP contribution < -0.4 is 0 Å². The maximum atomic E-state index is 12.9. The van der Waals surface area contributed by atoms with E-state index in [1.54, 1.807) is 38.7 Å². The largest absolute Gasteiger partial charge is 0.276 e. The summed E-state index contributed by atoms with van der Waals surface area (Å²) in [4.78, 5) is 3.99. The third-order valence-corrected chi connectivity index (χ3v) is 8.86. The summed E-state index contributed by atoms with van der Waals surface area (Å²) in [6.45, 7) is 6.13. The normalized spacial score (nSPS) is 18.2. The van der Waals surface area contributed by atoms with Crippen LogP contribution in [0, 0.1) is 4.77 Å². The molecule has 0 aliphatic carbocycles. The molecule has 0 N–H and O–H groups in total. The van der Waals surface area contributed by atoms with Gasteiger partial charge in [-0.2, -0.15) is 9.40 Å². The monoisotopic (exact) mass is 451 g/mol. The highest BCUT2D eigenvalue weighted by Gasteiger charge is 2.28. The molecule has 4 heterocycles. The molecule has 0 radical (unpaired) electrons. The average Bonchev–Trinajstić information content (AvgIpc) is 3.44. The fraction of sp³-hybridized carbons (Fsp3) is 0.474. The van der Waals surface area contributed by atoms with E-state index in [1.165, 1.54) is 9.18 Å². The number of thiophene rings is 1. The quantitative estimate of drug-likeness (QED) is 0.512. The Bertz CT molecular complexity index is 1150. The van der Waals surface area contributed by atoms with Crippen LogP contribution in [0.2, 0.25) is 0 Å². The molecule has 10 heteroatoms.